The average molecular weight is 298 g/mol. The molecule has 3 N–H and O–H groups in total. The van der Waals surface area contributed by atoms with Crippen molar-refractivity contribution < 1.29 is 0 Å². The molecule has 0 saturated heterocycles. The van der Waals surface area contributed by atoms with Crippen molar-refractivity contribution in [3.05, 3.63) is 44.8 Å². The summed E-state index contributed by atoms with van der Waals surface area (Å²) in [5, 5.41) is 3.34. The fraction of sp³-hybridized carbons (Fsp3) is 0.182. The van der Waals surface area contributed by atoms with Crippen LogP contribution in [0.3, 0.4) is 0 Å². The molecule has 1 aromatic heterocycles. The smallest absolute Gasteiger partial charge is 0.0794 e. The summed E-state index contributed by atoms with van der Waals surface area (Å²) in [4.78, 5) is 5.26. The van der Waals surface area contributed by atoms with Crippen LogP contribution in [0.1, 0.15) is 10.4 Å². The number of nitrogen functional groups attached to an aromatic ring is 1. The topological polar surface area (TPSA) is 50.9 Å². The first kappa shape index (κ1) is 11.6. The van der Waals surface area contributed by atoms with Crippen molar-refractivity contribution in [2.45, 2.75) is 13.1 Å². The Morgan fingerprint density at radius 3 is 2.94 bits per heavy atom. The number of rotatable bonds is 4. The van der Waals surface area contributed by atoms with Gasteiger partial charge in [-0.05, 0) is 17.7 Å². The van der Waals surface area contributed by atoms with E-state index in [0.29, 0.717) is 0 Å². The standard InChI is InChI=1S/C11H12BrN3S/c12-9-2-1-8(11(13)3-9)4-14-5-10-6-15-7-16-10/h1-3,6-7,14H,4-5,13H2. The van der Waals surface area contributed by atoms with Crippen molar-refractivity contribution in [1.82, 2.24) is 10.3 Å². The molecule has 5 heteroatoms. The Morgan fingerprint density at radius 2 is 2.25 bits per heavy atom. The summed E-state index contributed by atoms with van der Waals surface area (Å²) in [5.41, 5.74) is 9.67. The Hall–Kier alpha value is -0.910. The van der Waals surface area contributed by atoms with E-state index in [9.17, 15) is 0 Å². The highest BCUT2D eigenvalue weighted by atomic mass is 79.9. The fourth-order valence-corrected chi connectivity index (χ4v) is 2.32. The lowest BCUT2D eigenvalue weighted by Gasteiger charge is -2.06. The highest BCUT2D eigenvalue weighted by Gasteiger charge is 2.00. The van der Waals surface area contributed by atoms with Gasteiger partial charge in [-0.2, -0.15) is 0 Å². The second-order valence-corrected chi connectivity index (χ2v) is 5.30. The van der Waals surface area contributed by atoms with Crippen LogP contribution < -0.4 is 11.1 Å². The molecule has 84 valence electrons. The van der Waals surface area contributed by atoms with Crippen LogP contribution in [0.25, 0.3) is 0 Å². The number of nitrogens with zero attached hydrogens (tertiary/aromatic N) is 1. The first-order chi connectivity index (χ1) is 7.75. The largest absolute Gasteiger partial charge is 0.398 e. The quantitative estimate of drug-likeness (QED) is 0.853. The number of benzene rings is 1. The molecule has 0 atom stereocenters. The van der Waals surface area contributed by atoms with E-state index in [1.807, 2.05) is 29.9 Å². The minimum atomic E-state index is 0.775. The van der Waals surface area contributed by atoms with Gasteiger partial charge < -0.3 is 11.1 Å². The molecule has 0 fully saturated rings. The fourth-order valence-electron chi connectivity index (χ4n) is 1.38. The van der Waals surface area contributed by atoms with Gasteiger partial charge >= 0.3 is 0 Å². The number of nitrogens with two attached hydrogens (primary N) is 1. The van der Waals surface area contributed by atoms with Crippen molar-refractivity contribution in [3.8, 4) is 0 Å². The van der Waals surface area contributed by atoms with Gasteiger partial charge in [-0.3, -0.25) is 4.98 Å². The molecule has 1 heterocycles. The maximum Gasteiger partial charge on any atom is 0.0794 e. The number of thiazole rings is 1. The van der Waals surface area contributed by atoms with Crippen LogP contribution in [-0.2, 0) is 13.1 Å². The van der Waals surface area contributed by atoms with E-state index < -0.39 is 0 Å². The molecule has 0 radical (unpaired) electrons. The number of aromatic nitrogens is 1. The van der Waals surface area contributed by atoms with Crippen LogP contribution in [0.2, 0.25) is 0 Å². The summed E-state index contributed by atoms with van der Waals surface area (Å²) in [7, 11) is 0. The van der Waals surface area contributed by atoms with Crippen LogP contribution in [0.4, 0.5) is 5.69 Å². The zero-order chi connectivity index (χ0) is 11.4. The molecule has 0 bridgehead atoms. The molecule has 2 rings (SSSR count). The molecule has 16 heavy (non-hydrogen) atoms. The lowest BCUT2D eigenvalue weighted by atomic mass is 10.2. The highest BCUT2D eigenvalue weighted by Crippen LogP contribution is 2.18. The second-order valence-electron chi connectivity index (χ2n) is 3.41. The van der Waals surface area contributed by atoms with Gasteiger partial charge in [-0.25, -0.2) is 0 Å². The average Bonchev–Trinajstić information content (AvgIpc) is 2.74. The number of hydrogen-bond donors (Lipinski definition) is 2. The van der Waals surface area contributed by atoms with E-state index >= 15 is 0 Å². The Balaban J connectivity index is 1.90. The number of halogens is 1. The van der Waals surface area contributed by atoms with Crippen LogP contribution in [0, 0.1) is 0 Å². The highest BCUT2D eigenvalue weighted by molar-refractivity contribution is 9.10. The molecule has 0 amide bonds. The Morgan fingerprint density at radius 1 is 1.38 bits per heavy atom. The number of hydrogen-bond acceptors (Lipinski definition) is 4. The molecule has 0 aliphatic rings. The normalized spacial score (nSPS) is 10.6. The molecule has 0 saturated carbocycles. The van der Waals surface area contributed by atoms with Gasteiger partial charge in [0.2, 0.25) is 0 Å². The van der Waals surface area contributed by atoms with Gasteiger partial charge in [0.15, 0.2) is 0 Å². The zero-order valence-corrected chi connectivity index (χ0v) is 11.0. The van der Waals surface area contributed by atoms with Gasteiger partial charge in [0.25, 0.3) is 0 Å². The van der Waals surface area contributed by atoms with E-state index in [2.05, 4.69) is 26.2 Å². The summed E-state index contributed by atoms with van der Waals surface area (Å²) in [6, 6.07) is 5.95. The summed E-state index contributed by atoms with van der Waals surface area (Å²) in [6.45, 7) is 1.61. The maximum atomic E-state index is 5.90. The van der Waals surface area contributed by atoms with Crippen LogP contribution in [-0.4, -0.2) is 4.98 Å². The summed E-state index contributed by atoms with van der Waals surface area (Å²) >= 11 is 5.04. The van der Waals surface area contributed by atoms with Gasteiger partial charge in [-0.15, -0.1) is 11.3 Å². The molecule has 0 aliphatic heterocycles. The summed E-state index contributed by atoms with van der Waals surface area (Å²) in [5.74, 6) is 0. The van der Waals surface area contributed by atoms with E-state index in [0.717, 1.165) is 28.8 Å². The van der Waals surface area contributed by atoms with E-state index in [1.165, 1.54) is 4.88 Å². The number of nitrogens with one attached hydrogen (secondary N) is 1. The van der Waals surface area contributed by atoms with E-state index in [1.54, 1.807) is 11.3 Å². The van der Waals surface area contributed by atoms with Crippen molar-refractivity contribution in [3.63, 3.8) is 0 Å². The van der Waals surface area contributed by atoms with Crippen LogP contribution >= 0.6 is 27.3 Å². The van der Waals surface area contributed by atoms with Gasteiger partial charge in [0.05, 0.1) is 5.51 Å². The zero-order valence-electron chi connectivity index (χ0n) is 8.61. The maximum absolute atomic E-state index is 5.90. The van der Waals surface area contributed by atoms with Gasteiger partial charge in [0.1, 0.15) is 0 Å². The Kier molecular flexibility index (Phi) is 3.93. The number of anilines is 1. The minimum Gasteiger partial charge on any atom is -0.398 e. The molecule has 1 aromatic carbocycles. The molecule has 0 unspecified atom stereocenters. The summed E-state index contributed by atoms with van der Waals surface area (Å²) in [6.07, 6.45) is 1.88. The molecule has 3 nitrogen and oxygen atoms in total. The second kappa shape index (κ2) is 5.43. The molecular weight excluding hydrogens is 286 g/mol. The van der Waals surface area contributed by atoms with Crippen molar-refractivity contribution in [1.29, 1.82) is 0 Å². The Bertz CT molecular complexity index is 456. The van der Waals surface area contributed by atoms with Crippen molar-refractivity contribution in [2.24, 2.45) is 0 Å². The summed E-state index contributed by atoms with van der Waals surface area (Å²) < 4.78 is 1.01. The van der Waals surface area contributed by atoms with Crippen LogP contribution in [0.15, 0.2) is 34.4 Å². The Labute approximate surface area is 107 Å². The minimum absolute atomic E-state index is 0.775. The predicted octanol–water partition coefficient (Wildman–Crippen LogP) is 2.78. The third kappa shape index (κ3) is 3.04. The van der Waals surface area contributed by atoms with Gasteiger partial charge in [0, 0.05) is 34.3 Å². The SMILES string of the molecule is Nc1cc(Br)ccc1CNCc1cncs1. The first-order valence-electron chi connectivity index (χ1n) is 4.87. The molecule has 2 aromatic rings. The molecular formula is C11H12BrN3S. The molecule has 0 aliphatic carbocycles. The third-order valence-electron chi connectivity index (χ3n) is 2.21. The predicted molar refractivity (Wildman–Crippen MR) is 71.2 cm³/mol. The van der Waals surface area contributed by atoms with Gasteiger partial charge in [-0.1, -0.05) is 22.0 Å². The first-order valence-corrected chi connectivity index (χ1v) is 6.55. The van der Waals surface area contributed by atoms with Crippen molar-refractivity contribution >= 4 is 33.0 Å². The van der Waals surface area contributed by atoms with E-state index in [-0.39, 0.29) is 0 Å². The monoisotopic (exact) mass is 297 g/mol. The van der Waals surface area contributed by atoms with E-state index in [4.69, 9.17) is 5.73 Å². The lowest BCUT2D eigenvalue weighted by Crippen LogP contribution is -2.13. The third-order valence-corrected chi connectivity index (χ3v) is 3.48. The lowest BCUT2D eigenvalue weighted by molar-refractivity contribution is 0.701. The van der Waals surface area contributed by atoms with Crippen LogP contribution in [0.5, 0.6) is 0 Å². The molecule has 0 spiro atoms. The van der Waals surface area contributed by atoms with Crippen molar-refractivity contribution in [2.75, 3.05) is 5.73 Å².